The highest BCUT2D eigenvalue weighted by molar-refractivity contribution is 5.73. The molecule has 2 rings (SSSR count). The van der Waals surface area contributed by atoms with Gasteiger partial charge in [0.2, 0.25) is 0 Å². The van der Waals surface area contributed by atoms with Gasteiger partial charge < -0.3 is 14.6 Å². The number of hydrogen-bond donors (Lipinski definition) is 1. The molecule has 1 heterocycles. The number of carboxylic acids is 1. The zero-order valence-corrected chi connectivity index (χ0v) is 13.4. The van der Waals surface area contributed by atoms with Crippen LogP contribution in [0.1, 0.15) is 38.7 Å². The highest BCUT2D eigenvalue weighted by Crippen LogP contribution is 2.30. The number of nitrogens with zero attached hydrogens (tertiary/aromatic N) is 1. The number of carbonyl (C=O) groups is 1. The lowest BCUT2D eigenvalue weighted by Crippen LogP contribution is -2.43. The predicted octanol–water partition coefficient (Wildman–Crippen LogP) is 2.92. The van der Waals surface area contributed by atoms with E-state index in [9.17, 15) is 9.90 Å². The van der Waals surface area contributed by atoms with Crippen LogP contribution in [0.4, 0.5) is 0 Å². The molecule has 122 valence electrons. The van der Waals surface area contributed by atoms with Gasteiger partial charge in [0.25, 0.3) is 0 Å². The van der Waals surface area contributed by atoms with Crippen LogP contribution in [0.3, 0.4) is 0 Å². The summed E-state index contributed by atoms with van der Waals surface area (Å²) in [7, 11) is 0. The van der Waals surface area contributed by atoms with Crippen molar-refractivity contribution in [2.75, 3.05) is 19.8 Å². The molecule has 0 aromatic heterocycles. The number of hydrogen-bond acceptors (Lipinski definition) is 4. The van der Waals surface area contributed by atoms with Gasteiger partial charge in [-0.15, -0.1) is 0 Å². The number of benzene rings is 1. The van der Waals surface area contributed by atoms with Crippen LogP contribution in [0, 0.1) is 0 Å². The van der Waals surface area contributed by atoms with E-state index in [4.69, 9.17) is 9.47 Å². The fraction of sp³-hybridized carbons (Fsp3) is 0.588. The molecule has 1 aliphatic heterocycles. The number of rotatable bonds is 7. The Hall–Kier alpha value is -1.75. The lowest BCUT2D eigenvalue weighted by molar-refractivity contribution is -0.144. The minimum atomic E-state index is -0.726. The summed E-state index contributed by atoms with van der Waals surface area (Å²) in [6.45, 7) is 6.50. The van der Waals surface area contributed by atoms with Crippen molar-refractivity contribution in [2.24, 2.45) is 0 Å². The highest BCUT2D eigenvalue weighted by atomic mass is 16.5. The topological polar surface area (TPSA) is 59.0 Å². The lowest BCUT2D eigenvalue weighted by Gasteiger charge is -2.33. The zero-order valence-electron chi connectivity index (χ0n) is 13.4. The summed E-state index contributed by atoms with van der Waals surface area (Å²) in [6.07, 6.45) is 2.77. The van der Waals surface area contributed by atoms with Crippen LogP contribution in [0.15, 0.2) is 18.2 Å². The fourth-order valence-corrected chi connectivity index (χ4v) is 2.89. The van der Waals surface area contributed by atoms with E-state index in [2.05, 4.69) is 0 Å². The van der Waals surface area contributed by atoms with Crippen LogP contribution in [0.5, 0.6) is 11.5 Å². The van der Waals surface area contributed by atoms with E-state index in [1.807, 2.05) is 36.9 Å². The van der Waals surface area contributed by atoms with Gasteiger partial charge >= 0.3 is 5.97 Å². The van der Waals surface area contributed by atoms with E-state index in [1.54, 1.807) is 0 Å². The van der Waals surface area contributed by atoms with E-state index in [0.29, 0.717) is 19.8 Å². The SMILES string of the molecule is CCOc1ccc(CN2CCCCC2C(=O)O)cc1OCC. The van der Waals surface area contributed by atoms with E-state index in [0.717, 1.165) is 42.9 Å². The van der Waals surface area contributed by atoms with Crippen LogP contribution >= 0.6 is 0 Å². The highest BCUT2D eigenvalue weighted by Gasteiger charge is 2.28. The molecule has 5 heteroatoms. The van der Waals surface area contributed by atoms with Gasteiger partial charge in [0, 0.05) is 6.54 Å². The van der Waals surface area contributed by atoms with Crippen molar-refractivity contribution >= 4 is 5.97 Å². The molecule has 0 aliphatic carbocycles. The average Bonchev–Trinajstić information content (AvgIpc) is 2.50. The second-order valence-corrected chi connectivity index (χ2v) is 5.47. The van der Waals surface area contributed by atoms with Crippen LogP contribution < -0.4 is 9.47 Å². The Kier molecular flexibility index (Phi) is 6.07. The molecule has 5 nitrogen and oxygen atoms in total. The van der Waals surface area contributed by atoms with Crippen molar-refractivity contribution in [2.45, 2.75) is 45.7 Å². The number of likely N-dealkylation sites (tertiary alicyclic amines) is 1. The molecule has 1 fully saturated rings. The van der Waals surface area contributed by atoms with Crippen molar-refractivity contribution in [1.29, 1.82) is 0 Å². The lowest BCUT2D eigenvalue weighted by atomic mass is 10.0. The fourth-order valence-electron chi connectivity index (χ4n) is 2.89. The molecule has 1 saturated heterocycles. The Labute approximate surface area is 131 Å². The predicted molar refractivity (Wildman–Crippen MR) is 84.5 cm³/mol. The maximum Gasteiger partial charge on any atom is 0.320 e. The molecule has 1 aromatic carbocycles. The summed E-state index contributed by atoms with van der Waals surface area (Å²) in [5.41, 5.74) is 1.06. The van der Waals surface area contributed by atoms with Crippen molar-refractivity contribution < 1.29 is 19.4 Å². The van der Waals surface area contributed by atoms with Crippen molar-refractivity contribution in [3.05, 3.63) is 23.8 Å². The molecule has 0 bridgehead atoms. The van der Waals surface area contributed by atoms with Crippen molar-refractivity contribution in [3.63, 3.8) is 0 Å². The second kappa shape index (κ2) is 8.03. The minimum Gasteiger partial charge on any atom is -0.490 e. The zero-order chi connectivity index (χ0) is 15.9. The maximum absolute atomic E-state index is 11.4. The first kappa shape index (κ1) is 16.6. The largest absolute Gasteiger partial charge is 0.490 e. The Morgan fingerprint density at radius 1 is 1.23 bits per heavy atom. The normalized spacial score (nSPS) is 18.9. The molecule has 0 radical (unpaired) electrons. The maximum atomic E-state index is 11.4. The Balaban J connectivity index is 2.14. The van der Waals surface area contributed by atoms with E-state index in [-0.39, 0.29) is 6.04 Å². The quantitative estimate of drug-likeness (QED) is 0.839. The summed E-state index contributed by atoms with van der Waals surface area (Å²) in [4.78, 5) is 13.4. The van der Waals surface area contributed by atoms with Gasteiger partial charge in [0.05, 0.1) is 13.2 Å². The standard InChI is InChI=1S/C17H25NO4/c1-3-21-15-9-8-13(11-16(15)22-4-2)12-18-10-6-5-7-14(18)17(19)20/h8-9,11,14H,3-7,10,12H2,1-2H3,(H,19,20). The van der Waals surface area contributed by atoms with Crippen LogP contribution in [-0.4, -0.2) is 41.8 Å². The van der Waals surface area contributed by atoms with Gasteiger partial charge in [-0.1, -0.05) is 12.5 Å². The van der Waals surface area contributed by atoms with Crippen LogP contribution in [0.2, 0.25) is 0 Å². The van der Waals surface area contributed by atoms with Gasteiger partial charge in [0.1, 0.15) is 6.04 Å². The first-order valence-corrected chi connectivity index (χ1v) is 8.01. The monoisotopic (exact) mass is 307 g/mol. The first-order chi connectivity index (χ1) is 10.7. The molecule has 0 saturated carbocycles. The molecule has 1 N–H and O–H groups in total. The summed E-state index contributed by atoms with van der Waals surface area (Å²) < 4.78 is 11.2. The van der Waals surface area contributed by atoms with Gasteiger partial charge in [-0.05, 0) is 50.9 Å². The third-order valence-electron chi connectivity index (χ3n) is 3.89. The smallest absolute Gasteiger partial charge is 0.320 e. The van der Waals surface area contributed by atoms with Crippen molar-refractivity contribution in [1.82, 2.24) is 4.90 Å². The molecular formula is C17H25NO4. The molecule has 1 unspecified atom stereocenters. The van der Waals surface area contributed by atoms with E-state index < -0.39 is 5.97 Å². The summed E-state index contributed by atoms with van der Waals surface area (Å²) in [5, 5.41) is 9.35. The molecule has 0 spiro atoms. The minimum absolute atomic E-state index is 0.379. The Morgan fingerprint density at radius 3 is 2.64 bits per heavy atom. The number of ether oxygens (including phenoxy) is 2. The van der Waals surface area contributed by atoms with Gasteiger partial charge in [0.15, 0.2) is 11.5 Å². The Morgan fingerprint density at radius 2 is 1.95 bits per heavy atom. The summed E-state index contributed by atoms with van der Waals surface area (Å²) in [5.74, 6) is 0.739. The van der Waals surface area contributed by atoms with Gasteiger partial charge in [-0.25, -0.2) is 0 Å². The van der Waals surface area contributed by atoms with Crippen LogP contribution in [-0.2, 0) is 11.3 Å². The number of carboxylic acid groups (broad SMARTS) is 1. The molecular weight excluding hydrogens is 282 g/mol. The van der Waals surface area contributed by atoms with Crippen LogP contribution in [0.25, 0.3) is 0 Å². The molecule has 1 aromatic rings. The summed E-state index contributed by atoms with van der Waals surface area (Å²) >= 11 is 0. The van der Waals surface area contributed by atoms with E-state index >= 15 is 0 Å². The Bertz CT molecular complexity index is 503. The second-order valence-electron chi connectivity index (χ2n) is 5.47. The number of aliphatic carboxylic acids is 1. The van der Waals surface area contributed by atoms with Crippen molar-refractivity contribution in [3.8, 4) is 11.5 Å². The molecule has 0 amide bonds. The number of piperidine rings is 1. The van der Waals surface area contributed by atoms with E-state index in [1.165, 1.54) is 0 Å². The third-order valence-corrected chi connectivity index (χ3v) is 3.89. The molecule has 1 aliphatic rings. The summed E-state index contributed by atoms with van der Waals surface area (Å²) in [6, 6.07) is 5.47. The third kappa shape index (κ3) is 4.13. The first-order valence-electron chi connectivity index (χ1n) is 8.01. The molecule has 1 atom stereocenters. The molecule has 22 heavy (non-hydrogen) atoms. The van der Waals surface area contributed by atoms with Gasteiger partial charge in [-0.2, -0.15) is 0 Å². The van der Waals surface area contributed by atoms with Gasteiger partial charge in [-0.3, -0.25) is 9.69 Å². The average molecular weight is 307 g/mol.